The predicted molar refractivity (Wildman–Crippen MR) is 57.9 cm³/mol. The van der Waals surface area contributed by atoms with E-state index in [1.54, 1.807) is 0 Å². The third-order valence-corrected chi connectivity index (χ3v) is 2.61. The summed E-state index contributed by atoms with van der Waals surface area (Å²) in [5.74, 6) is 0. The van der Waals surface area contributed by atoms with Gasteiger partial charge < -0.3 is 5.11 Å². The van der Waals surface area contributed by atoms with Crippen LogP contribution >= 0.6 is 0 Å². The molecule has 0 unspecified atom stereocenters. The summed E-state index contributed by atoms with van der Waals surface area (Å²) in [4.78, 5) is 0. The fourth-order valence-corrected chi connectivity index (χ4v) is 1.50. The van der Waals surface area contributed by atoms with Gasteiger partial charge in [-0.3, -0.25) is 0 Å². The zero-order valence-electron chi connectivity index (χ0n) is 8.59. The van der Waals surface area contributed by atoms with Crippen LogP contribution in [0.4, 0.5) is 0 Å². The van der Waals surface area contributed by atoms with Gasteiger partial charge in [-0.25, -0.2) is 0 Å². The molecule has 0 aromatic carbocycles. The van der Waals surface area contributed by atoms with Gasteiger partial charge in [0, 0.05) is 6.61 Å². The molecule has 0 atom stereocenters. The van der Waals surface area contributed by atoms with Crippen molar-refractivity contribution in [1.29, 1.82) is 0 Å². The van der Waals surface area contributed by atoms with Gasteiger partial charge in [0.25, 0.3) is 0 Å². The second kappa shape index (κ2) is 5.33. The minimum atomic E-state index is -1.04. The van der Waals surface area contributed by atoms with Gasteiger partial charge in [0.15, 0.2) is 0 Å². The molecule has 0 aromatic heterocycles. The molecule has 1 N–H and O–H groups in total. The maximum atomic E-state index is 8.58. The van der Waals surface area contributed by atoms with E-state index >= 15 is 0 Å². The smallest absolute Gasteiger partial charge is 0.0687 e. The van der Waals surface area contributed by atoms with Crippen LogP contribution in [0.2, 0.25) is 19.6 Å². The minimum Gasteiger partial charge on any atom is -0.396 e. The number of rotatable bonds is 4. The normalized spacial score (nSPS) is 14.2. The van der Waals surface area contributed by atoms with Crippen LogP contribution in [0.3, 0.4) is 0 Å². The monoisotopic (exact) mass is 184 g/mol. The lowest BCUT2D eigenvalue weighted by Crippen LogP contribution is -2.15. The fourth-order valence-electron chi connectivity index (χ4n) is 0.742. The molecule has 0 saturated heterocycles. The lowest BCUT2D eigenvalue weighted by molar-refractivity contribution is 0.302. The molecule has 0 spiro atoms. The van der Waals surface area contributed by atoms with Crippen molar-refractivity contribution in [2.24, 2.45) is 0 Å². The lowest BCUT2D eigenvalue weighted by atomic mass is 10.2. The Balaban J connectivity index is 3.99. The molecule has 0 bridgehead atoms. The minimum absolute atomic E-state index is 0.248. The topological polar surface area (TPSA) is 20.2 Å². The summed E-state index contributed by atoms with van der Waals surface area (Å²) in [6, 6.07) is 0. The van der Waals surface area contributed by atoms with Gasteiger partial charge in [-0.05, 0) is 13.3 Å². The van der Waals surface area contributed by atoms with Crippen LogP contribution in [-0.2, 0) is 0 Å². The average Bonchev–Trinajstić information content (AvgIpc) is 1.95. The summed E-state index contributed by atoms with van der Waals surface area (Å²) in [6.45, 7) is 9.25. The van der Waals surface area contributed by atoms with Crippen LogP contribution in [0.1, 0.15) is 13.3 Å². The molecule has 12 heavy (non-hydrogen) atoms. The number of hydrogen-bond donors (Lipinski definition) is 1. The van der Waals surface area contributed by atoms with Crippen LogP contribution in [0.15, 0.2) is 23.4 Å². The summed E-state index contributed by atoms with van der Waals surface area (Å²) >= 11 is 0. The summed E-state index contributed by atoms with van der Waals surface area (Å²) < 4.78 is 0. The van der Waals surface area contributed by atoms with Crippen molar-refractivity contribution < 1.29 is 5.11 Å². The van der Waals surface area contributed by atoms with Crippen molar-refractivity contribution >= 4 is 8.07 Å². The molecular weight excluding hydrogens is 164 g/mol. The molecule has 2 heteroatoms. The second-order valence-electron chi connectivity index (χ2n) is 4.16. The van der Waals surface area contributed by atoms with Gasteiger partial charge in [0.1, 0.15) is 0 Å². The van der Waals surface area contributed by atoms with E-state index < -0.39 is 8.07 Å². The Hall–Kier alpha value is -0.343. The van der Waals surface area contributed by atoms with Crippen LogP contribution in [0.25, 0.3) is 0 Å². The maximum absolute atomic E-state index is 8.58. The Morgan fingerprint density at radius 2 is 1.92 bits per heavy atom. The largest absolute Gasteiger partial charge is 0.396 e. The third kappa shape index (κ3) is 7.76. The zero-order chi connectivity index (χ0) is 9.61. The predicted octanol–water partition coefficient (Wildman–Crippen LogP) is 2.75. The average molecular weight is 184 g/mol. The van der Waals surface area contributed by atoms with E-state index in [1.807, 2.05) is 0 Å². The van der Waals surface area contributed by atoms with E-state index in [0.29, 0.717) is 0 Å². The molecule has 1 nitrogen and oxygen atoms in total. The van der Waals surface area contributed by atoms with E-state index in [2.05, 4.69) is 44.4 Å². The van der Waals surface area contributed by atoms with Crippen molar-refractivity contribution in [3.63, 3.8) is 0 Å². The van der Waals surface area contributed by atoms with E-state index in [4.69, 9.17) is 5.11 Å². The molecule has 0 amide bonds. The first kappa shape index (κ1) is 11.7. The lowest BCUT2D eigenvalue weighted by Gasteiger charge is -2.07. The fraction of sp³-hybridized carbons (Fsp3) is 0.600. The first-order valence-electron chi connectivity index (χ1n) is 4.42. The van der Waals surface area contributed by atoms with Crippen molar-refractivity contribution in [3.05, 3.63) is 23.4 Å². The SMILES string of the molecule is CC(/C=C/[Si](C)(C)C)=C\CCO. The van der Waals surface area contributed by atoms with Crippen molar-refractivity contribution in [1.82, 2.24) is 0 Å². The molecule has 0 aliphatic heterocycles. The number of aliphatic hydroxyl groups excluding tert-OH is 1. The molecular formula is C10H20OSi. The van der Waals surface area contributed by atoms with Gasteiger partial charge in [0.2, 0.25) is 0 Å². The number of allylic oxidation sites excluding steroid dienone is 2. The molecule has 0 aromatic rings. The Kier molecular flexibility index (Phi) is 5.18. The Morgan fingerprint density at radius 1 is 1.33 bits per heavy atom. The van der Waals surface area contributed by atoms with Gasteiger partial charge in [-0.15, -0.1) is 0 Å². The van der Waals surface area contributed by atoms with Crippen molar-refractivity contribution in [3.8, 4) is 0 Å². The van der Waals surface area contributed by atoms with E-state index in [1.165, 1.54) is 5.57 Å². The quantitative estimate of drug-likeness (QED) is 0.526. The summed E-state index contributed by atoms with van der Waals surface area (Å²) in [6.07, 6.45) is 5.00. The third-order valence-electron chi connectivity index (χ3n) is 1.44. The highest BCUT2D eigenvalue weighted by molar-refractivity contribution is 6.81. The Labute approximate surface area is 76.8 Å². The standard InChI is InChI=1S/C10H20OSi/c1-10(6-5-8-11)7-9-12(2,3)4/h6-7,9,11H,5,8H2,1-4H3/b9-7+,10-6+. The highest BCUT2D eigenvalue weighted by Crippen LogP contribution is 2.05. The van der Waals surface area contributed by atoms with Crippen LogP contribution in [0, 0.1) is 0 Å². The van der Waals surface area contributed by atoms with Crippen LogP contribution in [0.5, 0.6) is 0 Å². The van der Waals surface area contributed by atoms with Crippen molar-refractivity contribution in [2.45, 2.75) is 33.0 Å². The summed E-state index contributed by atoms with van der Waals surface area (Å²) in [7, 11) is -1.04. The van der Waals surface area contributed by atoms with Gasteiger partial charge in [0.05, 0.1) is 8.07 Å². The summed E-state index contributed by atoms with van der Waals surface area (Å²) in [5, 5.41) is 8.58. The van der Waals surface area contributed by atoms with Gasteiger partial charge >= 0.3 is 0 Å². The Bertz CT molecular complexity index is 175. The number of aliphatic hydroxyl groups is 1. The van der Waals surface area contributed by atoms with E-state index in [0.717, 1.165) is 6.42 Å². The molecule has 0 radical (unpaired) electrons. The van der Waals surface area contributed by atoms with E-state index in [-0.39, 0.29) is 6.61 Å². The molecule has 0 saturated carbocycles. The van der Waals surface area contributed by atoms with Crippen LogP contribution in [-0.4, -0.2) is 19.8 Å². The van der Waals surface area contributed by atoms with Gasteiger partial charge in [-0.2, -0.15) is 0 Å². The zero-order valence-corrected chi connectivity index (χ0v) is 9.59. The number of hydrogen-bond acceptors (Lipinski definition) is 1. The molecule has 0 heterocycles. The molecule has 70 valence electrons. The highest BCUT2D eigenvalue weighted by atomic mass is 28.3. The first-order chi connectivity index (χ1) is 5.45. The van der Waals surface area contributed by atoms with Gasteiger partial charge in [-0.1, -0.05) is 43.1 Å². The highest BCUT2D eigenvalue weighted by Gasteiger charge is 2.05. The second-order valence-corrected chi connectivity index (χ2v) is 9.23. The molecule has 0 aliphatic carbocycles. The summed E-state index contributed by atoms with van der Waals surface area (Å²) in [5.41, 5.74) is 3.57. The maximum Gasteiger partial charge on any atom is 0.0687 e. The molecule has 0 aliphatic rings. The Morgan fingerprint density at radius 3 is 2.33 bits per heavy atom. The van der Waals surface area contributed by atoms with E-state index in [9.17, 15) is 0 Å². The van der Waals surface area contributed by atoms with Crippen molar-refractivity contribution in [2.75, 3.05) is 6.61 Å². The first-order valence-corrected chi connectivity index (χ1v) is 8.00. The van der Waals surface area contributed by atoms with Crippen LogP contribution < -0.4 is 0 Å². The molecule has 0 rings (SSSR count). The molecule has 0 fully saturated rings.